The molecule has 4 rings (SSSR count). The summed E-state index contributed by atoms with van der Waals surface area (Å²) >= 11 is 1.33. The van der Waals surface area contributed by atoms with Gasteiger partial charge in [-0.1, -0.05) is 72.4 Å². The lowest BCUT2D eigenvalue weighted by atomic mass is 10.0. The number of carbonyl (C=O) groups excluding carboxylic acids is 3. The van der Waals surface area contributed by atoms with Crippen LogP contribution in [0.15, 0.2) is 100 Å². The van der Waals surface area contributed by atoms with Gasteiger partial charge in [0.05, 0.1) is 18.2 Å². The summed E-state index contributed by atoms with van der Waals surface area (Å²) in [6, 6.07) is 26.7. The summed E-state index contributed by atoms with van der Waals surface area (Å²) in [5.74, 6) is -1.58. The quantitative estimate of drug-likeness (QED) is 0.275. The number of ketones is 1. The second-order valence-electron chi connectivity index (χ2n) is 8.01. The number of nitrogens with zero attached hydrogens (tertiary/aromatic N) is 2. The lowest BCUT2D eigenvalue weighted by molar-refractivity contribution is -0.147. The van der Waals surface area contributed by atoms with Crippen LogP contribution in [0.25, 0.3) is 0 Å². The van der Waals surface area contributed by atoms with E-state index in [-0.39, 0.29) is 17.9 Å². The van der Waals surface area contributed by atoms with Crippen LogP contribution in [0.4, 0.5) is 5.69 Å². The molecule has 0 saturated heterocycles. The normalized spacial score (nSPS) is 14.3. The van der Waals surface area contributed by atoms with Gasteiger partial charge in [0.25, 0.3) is 5.91 Å². The molecule has 1 aliphatic rings. The minimum absolute atomic E-state index is 0.0662. The van der Waals surface area contributed by atoms with E-state index in [4.69, 9.17) is 4.74 Å². The Labute approximate surface area is 213 Å². The van der Waals surface area contributed by atoms with Crippen molar-refractivity contribution in [1.82, 2.24) is 5.32 Å². The Kier molecular flexibility index (Phi) is 7.83. The van der Waals surface area contributed by atoms with Gasteiger partial charge in [-0.2, -0.15) is 5.26 Å². The fourth-order valence-corrected chi connectivity index (χ4v) is 4.92. The van der Waals surface area contributed by atoms with E-state index >= 15 is 0 Å². The zero-order valence-corrected chi connectivity index (χ0v) is 20.3. The van der Waals surface area contributed by atoms with E-state index in [1.807, 2.05) is 54.6 Å². The highest BCUT2D eigenvalue weighted by Gasteiger charge is 2.28. The predicted octanol–water partition coefficient (Wildman–Crippen LogP) is 4.64. The Hall–Kier alpha value is -4.35. The van der Waals surface area contributed by atoms with Gasteiger partial charge in [-0.15, -0.1) is 0 Å². The van der Waals surface area contributed by atoms with Crippen molar-refractivity contribution in [3.05, 3.63) is 107 Å². The van der Waals surface area contributed by atoms with Crippen LogP contribution in [0.1, 0.15) is 28.4 Å². The van der Waals surface area contributed by atoms with Crippen molar-refractivity contribution in [3.63, 3.8) is 0 Å². The molecule has 1 amide bonds. The number of esters is 1. The number of rotatable bonds is 8. The second kappa shape index (κ2) is 11.4. The van der Waals surface area contributed by atoms with E-state index in [1.165, 1.54) is 11.8 Å². The first-order chi connectivity index (χ1) is 17.5. The van der Waals surface area contributed by atoms with Crippen LogP contribution < -0.4 is 10.2 Å². The van der Waals surface area contributed by atoms with E-state index in [9.17, 15) is 19.6 Å². The van der Waals surface area contributed by atoms with Crippen LogP contribution in [0.2, 0.25) is 0 Å². The summed E-state index contributed by atoms with van der Waals surface area (Å²) in [4.78, 5) is 40.9. The molecule has 1 unspecified atom stereocenters. The van der Waals surface area contributed by atoms with Crippen molar-refractivity contribution < 1.29 is 19.1 Å². The SMILES string of the molecule is CN1/C(=C(\C#N)C(=O)COC(=O)CC(NC(=O)c2ccccc2)c2ccccc2)Sc2ccccc21. The van der Waals surface area contributed by atoms with E-state index in [2.05, 4.69) is 5.32 Å². The highest BCUT2D eigenvalue weighted by Crippen LogP contribution is 2.46. The first-order valence-corrected chi connectivity index (χ1v) is 12.0. The third-order valence-corrected chi connectivity index (χ3v) is 6.86. The average Bonchev–Trinajstić information content (AvgIpc) is 3.24. The standard InChI is InChI=1S/C28H23N3O4S/c1-31-23-14-8-9-15-25(23)36-28(31)21(17-29)24(32)18-35-26(33)16-22(19-10-4-2-5-11-19)30-27(34)20-12-6-3-7-13-20/h2-15,22H,16,18H2,1H3,(H,30,34)/b28-21-. The number of nitriles is 1. The molecule has 180 valence electrons. The number of ether oxygens (including phenoxy) is 1. The molecule has 0 radical (unpaired) electrons. The molecule has 1 atom stereocenters. The van der Waals surface area contributed by atoms with Gasteiger partial charge in [-0.25, -0.2) is 0 Å². The number of carbonyl (C=O) groups is 3. The number of amides is 1. The first kappa shape index (κ1) is 24.8. The van der Waals surface area contributed by atoms with Gasteiger partial charge in [0.15, 0.2) is 6.61 Å². The third-order valence-electron chi connectivity index (χ3n) is 5.62. The number of Topliss-reactive ketones (excluding diaryl/α,β-unsaturated/α-hetero) is 1. The van der Waals surface area contributed by atoms with Gasteiger partial charge in [0.1, 0.15) is 16.7 Å². The number of para-hydroxylation sites is 1. The van der Waals surface area contributed by atoms with Gasteiger partial charge >= 0.3 is 5.97 Å². The van der Waals surface area contributed by atoms with Gasteiger partial charge in [-0.3, -0.25) is 14.4 Å². The molecule has 36 heavy (non-hydrogen) atoms. The maximum absolute atomic E-state index is 12.8. The molecule has 1 heterocycles. The van der Waals surface area contributed by atoms with Gasteiger partial charge in [0, 0.05) is 17.5 Å². The number of thioether (sulfide) groups is 1. The Morgan fingerprint density at radius 1 is 0.972 bits per heavy atom. The largest absolute Gasteiger partial charge is 0.457 e. The highest BCUT2D eigenvalue weighted by atomic mass is 32.2. The third kappa shape index (κ3) is 5.65. The molecule has 1 aliphatic heterocycles. The fourth-order valence-electron chi connectivity index (χ4n) is 3.76. The van der Waals surface area contributed by atoms with Crippen molar-refractivity contribution in [2.75, 3.05) is 18.6 Å². The molecule has 0 aliphatic carbocycles. The van der Waals surface area contributed by atoms with Crippen LogP contribution in [-0.2, 0) is 14.3 Å². The zero-order valence-electron chi connectivity index (χ0n) is 19.5. The molecule has 7 nitrogen and oxygen atoms in total. The Morgan fingerprint density at radius 2 is 1.61 bits per heavy atom. The number of benzene rings is 3. The van der Waals surface area contributed by atoms with E-state index in [0.717, 1.165) is 16.1 Å². The van der Waals surface area contributed by atoms with Crippen LogP contribution in [-0.4, -0.2) is 31.3 Å². The summed E-state index contributed by atoms with van der Waals surface area (Å²) in [5.41, 5.74) is 2.02. The highest BCUT2D eigenvalue weighted by molar-refractivity contribution is 8.03. The van der Waals surface area contributed by atoms with Crippen molar-refractivity contribution in [2.24, 2.45) is 0 Å². The lowest BCUT2D eigenvalue weighted by Gasteiger charge is -2.19. The van der Waals surface area contributed by atoms with Crippen molar-refractivity contribution in [3.8, 4) is 6.07 Å². The number of fused-ring (bicyclic) bond motifs is 1. The maximum Gasteiger partial charge on any atom is 0.308 e. The van der Waals surface area contributed by atoms with Crippen LogP contribution in [0, 0.1) is 11.3 Å². The molecule has 0 saturated carbocycles. The zero-order chi connectivity index (χ0) is 25.5. The summed E-state index contributed by atoms with van der Waals surface area (Å²) in [7, 11) is 1.78. The average molecular weight is 498 g/mol. The molecule has 0 bridgehead atoms. The second-order valence-corrected chi connectivity index (χ2v) is 9.04. The summed E-state index contributed by atoms with van der Waals surface area (Å²) in [6.45, 7) is -0.565. The number of hydrogen-bond donors (Lipinski definition) is 1. The number of nitrogens with one attached hydrogen (secondary N) is 1. The first-order valence-electron chi connectivity index (χ1n) is 11.2. The van der Waals surface area contributed by atoms with Crippen LogP contribution in [0.5, 0.6) is 0 Å². The molecular weight excluding hydrogens is 474 g/mol. The summed E-state index contributed by atoms with van der Waals surface area (Å²) in [5, 5.41) is 13.0. The van der Waals surface area contributed by atoms with Gasteiger partial charge in [0.2, 0.25) is 5.78 Å². The molecule has 3 aromatic carbocycles. The van der Waals surface area contributed by atoms with Crippen LogP contribution >= 0.6 is 11.8 Å². The van der Waals surface area contributed by atoms with Crippen molar-refractivity contribution in [1.29, 1.82) is 5.26 Å². The summed E-state index contributed by atoms with van der Waals surface area (Å²) < 4.78 is 5.24. The van der Waals surface area contributed by atoms with Gasteiger partial charge < -0.3 is 15.0 Å². The molecule has 0 aromatic heterocycles. The van der Waals surface area contributed by atoms with Gasteiger partial charge in [-0.05, 0) is 29.8 Å². The Bertz CT molecular complexity index is 1350. The Morgan fingerprint density at radius 3 is 2.28 bits per heavy atom. The molecule has 0 fully saturated rings. The maximum atomic E-state index is 12.8. The number of anilines is 1. The van der Waals surface area contributed by atoms with Crippen molar-refractivity contribution in [2.45, 2.75) is 17.4 Å². The monoisotopic (exact) mass is 497 g/mol. The number of hydrogen-bond acceptors (Lipinski definition) is 7. The fraction of sp³-hybridized carbons (Fsp3) is 0.143. The smallest absolute Gasteiger partial charge is 0.308 e. The molecule has 1 N–H and O–H groups in total. The Balaban J connectivity index is 1.43. The van der Waals surface area contributed by atoms with Crippen LogP contribution in [0.3, 0.4) is 0 Å². The predicted molar refractivity (Wildman–Crippen MR) is 137 cm³/mol. The topological polar surface area (TPSA) is 99.5 Å². The van der Waals surface area contributed by atoms with E-state index in [1.54, 1.807) is 48.3 Å². The molecule has 8 heteroatoms. The minimum Gasteiger partial charge on any atom is -0.457 e. The van der Waals surface area contributed by atoms with E-state index < -0.39 is 24.4 Å². The minimum atomic E-state index is -0.663. The molecular formula is C28H23N3O4S. The van der Waals surface area contributed by atoms with E-state index in [0.29, 0.717) is 10.6 Å². The molecule has 0 spiro atoms. The molecule has 3 aromatic rings. The van der Waals surface area contributed by atoms with Crippen molar-refractivity contribution >= 4 is 35.1 Å². The lowest BCUT2D eigenvalue weighted by Crippen LogP contribution is -2.31. The summed E-state index contributed by atoms with van der Waals surface area (Å²) in [6.07, 6.45) is -0.172.